The first kappa shape index (κ1) is 15.0. The number of nitrogens with zero attached hydrogens (tertiary/aromatic N) is 1. The quantitative estimate of drug-likeness (QED) is 0.804. The van der Waals surface area contributed by atoms with Crippen molar-refractivity contribution in [3.63, 3.8) is 0 Å². The summed E-state index contributed by atoms with van der Waals surface area (Å²) in [4.78, 5) is 3.32. The molecule has 1 heterocycles. The molecule has 0 fully saturated rings. The van der Waals surface area contributed by atoms with Crippen molar-refractivity contribution in [3.8, 4) is 0 Å². The van der Waals surface area contributed by atoms with Gasteiger partial charge in [-0.2, -0.15) is 0 Å². The van der Waals surface area contributed by atoms with Gasteiger partial charge in [0.25, 0.3) is 0 Å². The molecule has 13 heavy (non-hydrogen) atoms. The van der Waals surface area contributed by atoms with Crippen LogP contribution in [-0.4, -0.2) is 4.98 Å². The van der Waals surface area contributed by atoms with Gasteiger partial charge in [0.1, 0.15) is 11.6 Å². The second kappa shape index (κ2) is 6.07. The summed E-state index contributed by atoms with van der Waals surface area (Å²) < 4.78 is 25.4. The zero-order valence-corrected chi connectivity index (χ0v) is 8.46. The molecular formula is C7H10Cl2F2N2. The van der Waals surface area contributed by atoms with Crippen LogP contribution in [0.1, 0.15) is 18.5 Å². The van der Waals surface area contributed by atoms with Crippen LogP contribution in [0.2, 0.25) is 0 Å². The first-order valence-corrected chi connectivity index (χ1v) is 3.17. The molecule has 1 aromatic heterocycles. The summed E-state index contributed by atoms with van der Waals surface area (Å²) in [5.41, 5.74) is 5.20. The molecular weight excluding hydrogens is 221 g/mol. The average Bonchev–Trinajstić information content (AvgIpc) is 1.85. The van der Waals surface area contributed by atoms with Gasteiger partial charge in [-0.15, -0.1) is 24.8 Å². The van der Waals surface area contributed by atoms with Gasteiger partial charge < -0.3 is 5.73 Å². The predicted octanol–water partition coefficient (Wildman–Crippen LogP) is 2.22. The molecule has 0 aliphatic rings. The Kier molecular flexibility index (Phi) is 7.03. The Hall–Kier alpha value is -0.450. The second-order valence-electron chi connectivity index (χ2n) is 2.31. The van der Waals surface area contributed by atoms with Crippen LogP contribution in [0.4, 0.5) is 8.78 Å². The highest BCUT2D eigenvalue weighted by Gasteiger charge is 2.12. The van der Waals surface area contributed by atoms with Crippen LogP contribution in [0.5, 0.6) is 0 Å². The Labute approximate surface area is 87.4 Å². The zero-order chi connectivity index (χ0) is 8.43. The highest BCUT2D eigenvalue weighted by Crippen LogP contribution is 2.16. The molecule has 0 bridgehead atoms. The van der Waals surface area contributed by atoms with Crippen LogP contribution >= 0.6 is 24.8 Å². The van der Waals surface area contributed by atoms with Crippen molar-refractivity contribution in [2.45, 2.75) is 13.0 Å². The number of pyridine rings is 1. The number of aromatic nitrogens is 1. The summed E-state index contributed by atoms with van der Waals surface area (Å²) in [5.74, 6) is -1.39. The maximum atomic E-state index is 12.7. The minimum atomic E-state index is -0.694. The van der Waals surface area contributed by atoms with Gasteiger partial charge in [-0.1, -0.05) is 0 Å². The lowest BCUT2D eigenvalue weighted by Gasteiger charge is -2.06. The molecule has 1 aromatic rings. The molecule has 0 aromatic carbocycles. The van der Waals surface area contributed by atoms with E-state index in [0.717, 1.165) is 12.4 Å². The summed E-state index contributed by atoms with van der Waals surface area (Å²) in [6.45, 7) is 1.52. The van der Waals surface area contributed by atoms with Gasteiger partial charge >= 0.3 is 0 Å². The summed E-state index contributed by atoms with van der Waals surface area (Å²) >= 11 is 0. The Bertz CT molecular complexity index is 248. The molecule has 0 aliphatic carbocycles. The zero-order valence-electron chi connectivity index (χ0n) is 6.83. The van der Waals surface area contributed by atoms with Gasteiger partial charge in [0.2, 0.25) is 0 Å². The van der Waals surface area contributed by atoms with E-state index in [1.165, 1.54) is 6.92 Å². The highest BCUT2D eigenvalue weighted by atomic mass is 35.5. The van der Waals surface area contributed by atoms with Crippen molar-refractivity contribution in [3.05, 3.63) is 29.6 Å². The van der Waals surface area contributed by atoms with Crippen LogP contribution in [0, 0.1) is 11.6 Å². The molecule has 0 amide bonds. The van der Waals surface area contributed by atoms with E-state index < -0.39 is 17.7 Å². The summed E-state index contributed by atoms with van der Waals surface area (Å²) in [5, 5.41) is 0. The van der Waals surface area contributed by atoms with E-state index >= 15 is 0 Å². The fraction of sp³-hybridized carbons (Fsp3) is 0.286. The number of rotatable bonds is 1. The third kappa shape index (κ3) is 3.42. The second-order valence-corrected chi connectivity index (χ2v) is 2.31. The summed E-state index contributed by atoms with van der Waals surface area (Å²) in [7, 11) is 0. The maximum absolute atomic E-state index is 12.7. The molecule has 1 rings (SSSR count). The van der Waals surface area contributed by atoms with Gasteiger partial charge in [0.05, 0.1) is 12.4 Å². The highest BCUT2D eigenvalue weighted by molar-refractivity contribution is 5.85. The van der Waals surface area contributed by atoms with Crippen molar-refractivity contribution in [2.75, 3.05) is 0 Å². The lowest BCUT2D eigenvalue weighted by atomic mass is 10.1. The number of halogens is 4. The Balaban J connectivity index is 0. The standard InChI is InChI=1S/C7H8F2N2.2ClH/c1-4(10)7-5(8)2-11-3-6(7)9;;/h2-4H,10H2,1H3;2*1H/t4-;;/m0../s1. The Morgan fingerprint density at radius 2 is 1.62 bits per heavy atom. The van der Waals surface area contributed by atoms with Crippen LogP contribution in [0.15, 0.2) is 12.4 Å². The maximum Gasteiger partial charge on any atom is 0.149 e. The third-order valence-electron chi connectivity index (χ3n) is 1.35. The van der Waals surface area contributed by atoms with Gasteiger partial charge in [-0.3, -0.25) is 4.98 Å². The fourth-order valence-electron chi connectivity index (χ4n) is 0.856. The van der Waals surface area contributed by atoms with Gasteiger partial charge in [0.15, 0.2) is 0 Å². The SMILES string of the molecule is C[C@H](N)c1c(F)cncc1F.Cl.Cl. The van der Waals surface area contributed by atoms with Crippen molar-refractivity contribution in [1.82, 2.24) is 4.98 Å². The van der Waals surface area contributed by atoms with E-state index in [2.05, 4.69) is 4.98 Å². The molecule has 0 spiro atoms. The largest absolute Gasteiger partial charge is 0.324 e. The van der Waals surface area contributed by atoms with Crippen LogP contribution in [0.25, 0.3) is 0 Å². The number of hydrogen-bond acceptors (Lipinski definition) is 2. The minimum absolute atomic E-state index is 0. The molecule has 0 saturated carbocycles. The Morgan fingerprint density at radius 1 is 1.23 bits per heavy atom. The molecule has 2 nitrogen and oxygen atoms in total. The van der Waals surface area contributed by atoms with E-state index in [1.807, 2.05) is 0 Å². The predicted molar refractivity (Wildman–Crippen MR) is 51.3 cm³/mol. The third-order valence-corrected chi connectivity index (χ3v) is 1.35. The number of hydrogen-bond donors (Lipinski definition) is 1. The van der Waals surface area contributed by atoms with Gasteiger partial charge in [0, 0.05) is 11.6 Å². The van der Waals surface area contributed by atoms with E-state index in [1.54, 1.807) is 0 Å². The van der Waals surface area contributed by atoms with Gasteiger partial charge in [-0.05, 0) is 6.92 Å². The van der Waals surface area contributed by atoms with Crippen molar-refractivity contribution in [2.24, 2.45) is 5.73 Å². The Morgan fingerprint density at radius 3 is 1.85 bits per heavy atom. The number of nitrogens with two attached hydrogens (primary N) is 1. The van der Waals surface area contributed by atoms with Crippen molar-refractivity contribution < 1.29 is 8.78 Å². The topological polar surface area (TPSA) is 38.9 Å². The first-order valence-electron chi connectivity index (χ1n) is 3.17. The molecule has 1 atom stereocenters. The summed E-state index contributed by atoms with van der Waals surface area (Å²) in [6, 6.07) is -0.641. The van der Waals surface area contributed by atoms with Crippen molar-refractivity contribution >= 4 is 24.8 Å². The van der Waals surface area contributed by atoms with Crippen LogP contribution in [0.3, 0.4) is 0 Å². The summed E-state index contributed by atoms with van der Waals surface area (Å²) in [6.07, 6.45) is 1.89. The van der Waals surface area contributed by atoms with E-state index in [4.69, 9.17) is 5.73 Å². The smallest absolute Gasteiger partial charge is 0.149 e. The molecule has 0 radical (unpaired) electrons. The lowest BCUT2D eigenvalue weighted by Crippen LogP contribution is -2.10. The molecule has 0 saturated heterocycles. The normalized spacial score (nSPS) is 11.1. The van der Waals surface area contributed by atoms with E-state index in [9.17, 15) is 8.78 Å². The molecule has 76 valence electrons. The molecule has 2 N–H and O–H groups in total. The van der Waals surface area contributed by atoms with E-state index in [-0.39, 0.29) is 30.4 Å². The van der Waals surface area contributed by atoms with Crippen molar-refractivity contribution in [1.29, 1.82) is 0 Å². The molecule has 6 heteroatoms. The van der Waals surface area contributed by atoms with E-state index in [0.29, 0.717) is 0 Å². The van der Waals surface area contributed by atoms with Crippen LogP contribution in [-0.2, 0) is 0 Å². The minimum Gasteiger partial charge on any atom is -0.324 e. The van der Waals surface area contributed by atoms with Crippen LogP contribution < -0.4 is 5.73 Å². The fourth-order valence-corrected chi connectivity index (χ4v) is 0.856. The molecule has 0 aliphatic heterocycles. The lowest BCUT2D eigenvalue weighted by molar-refractivity contribution is 0.528. The van der Waals surface area contributed by atoms with Gasteiger partial charge in [-0.25, -0.2) is 8.78 Å². The average molecular weight is 231 g/mol. The first-order chi connectivity index (χ1) is 5.13. The monoisotopic (exact) mass is 230 g/mol. The molecule has 0 unspecified atom stereocenters.